The number of benzene rings is 1. The summed E-state index contributed by atoms with van der Waals surface area (Å²) in [5.41, 5.74) is 5.76. The van der Waals surface area contributed by atoms with Crippen LogP contribution in [0.1, 0.15) is 12.0 Å². The van der Waals surface area contributed by atoms with Gasteiger partial charge in [0.2, 0.25) is 0 Å². The maximum Gasteiger partial charge on any atom is 0.324 e. The van der Waals surface area contributed by atoms with Gasteiger partial charge in [-0.05, 0) is 24.0 Å². The Morgan fingerprint density at radius 1 is 1.44 bits per heavy atom. The number of carboxylic acid groups (broad SMARTS) is 1. The van der Waals surface area contributed by atoms with E-state index in [4.69, 9.17) is 5.73 Å². The first kappa shape index (κ1) is 13.1. The third kappa shape index (κ3) is 3.54. The smallest absolute Gasteiger partial charge is 0.324 e. The number of carbonyl (C=O) groups is 1. The summed E-state index contributed by atoms with van der Waals surface area (Å²) in [5.74, 6) is -0.166. The Hall–Kier alpha value is -1.00. The van der Waals surface area contributed by atoms with E-state index in [0.717, 1.165) is 11.3 Å². The number of hydrogen-bond acceptors (Lipinski definition) is 3. The molecule has 88 valence electrons. The van der Waals surface area contributed by atoms with Crippen molar-refractivity contribution < 1.29 is 9.90 Å². The second kappa shape index (κ2) is 5.92. The van der Waals surface area contributed by atoms with E-state index in [9.17, 15) is 9.90 Å². The summed E-state index contributed by atoms with van der Waals surface area (Å²) in [5, 5.41) is 9.19. The Kier molecular flexibility index (Phi) is 4.83. The predicted octanol–water partition coefficient (Wildman–Crippen LogP) is 1.76. The molecule has 0 saturated heterocycles. The summed E-state index contributed by atoms with van der Waals surface area (Å²) >= 11 is 1.61. The molecule has 0 spiro atoms. The second-order valence-corrected chi connectivity index (χ2v) is 4.85. The van der Waals surface area contributed by atoms with Crippen molar-refractivity contribution in [2.75, 3.05) is 12.0 Å². The van der Waals surface area contributed by atoms with Crippen LogP contribution in [0.2, 0.25) is 0 Å². The van der Waals surface area contributed by atoms with Crippen LogP contribution in [0, 0.1) is 0 Å². The molecule has 1 rings (SSSR count). The molecule has 0 aromatic heterocycles. The van der Waals surface area contributed by atoms with E-state index >= 15 is 0 Å². The summed E-state index contributed by atoms with van der Waals surface area (Å²) in [6.45, 7) is 0. The first-order valence-corrected chi connectivity index (χ1v) is 6.53. The topological polar surface area (TPSA) is 63.3 Å². The van der Waals surface area contributed by atoms with Gasteiger partial charge in [-0.2, -0.15) is 11.8 Å². The molecule has 0 unspecified atom stereocenters. The molecule has 0 amide bonds. The summed E-state index contributed by atoms with van der Waals surface area (Å²) in [6, 6.07) is 9.51. The number of nitrogens with two attached hydrogens (primary N) is 1. The minimum atomic E-state index is -1.15. The zero-order chi connectivity index (χ0) is 12.0. The average Bonchev–Trinajstić information content (AvgIpc) is 2.27. The van der Waals surface area contributed by atoms with E-state index in [0.29, 0.717) is 12.8 Å². The molecule has 1 aromatic rings. The monoisotopic (exact) mass is 239 g/mol. The number of aliphatic carboxylic acids is 1. The molecule has 0 fully saturated rings. The molecule has 0 heterocycles. The lowest BCUT2D eigenvalue weighted by Crippen LogP contribution is -2.50. The summed E-state index contributed by atoms with van der Waals surface area (Å²) in [4.78, 5) is 11.2. The molecule has 3 nitrogen and oxygen atoms in total. The van der Waals surface area contributed by atoms with Crippen LogP contribution >= 0.6 is 11.8 Å². The maximum absolute atomic E-state index is 11.2. The molecule has 16 heavy (non-hydrogen) atoms. The van der Waals surface area contributed by atoms with Crippen LogP contribution in [0.15, 0.2) is 30.3 Å². The van der Waals surface area contributed by atoms with Crippen LogP contribution in [-0.2, 0) is 11.2 Å². The lowest BCUT2D eigenvalue weighted by molar-refractivity contribution is -0.143. The average molecular weight is 239 g/mol. The molecule has 4 heteroatoms. The maximum atomic E-state index is 11.2. The van der Waals surface area contributed by atoms with Crippen molar-refractivity contribution in [2.24, 2.45) is 5.73 Å². The van der Waals surface area contributed by atoms with Gasteiger partial charge in [-0.1, -0.05) is 30.3 Å². The van der Waals surface area contributed by atoms with Crippen molar-refractivity contribution in [2.45, 2.75) is 18.4 Å². The lowest BCUT2D eigenvalue weighted by Gasteiger charge is -2.24. The largest absolute Gasteiger partial charge is 0.480 e. The van der Waals surface area contributed by atoms with Gasteiger partial charge in [0.25, 0.3) is 0 Å². The van der Waals surface area contributed by atoms with Crippen molar-refractivity contribution >= 4 is 17.7 Å². The normalized spacial score (nSPS) is 14.4. The highest BCUT2D eigenvalue weighted by molar-refractivity contribution is 7.98. The number of rotatable bonds is 6. The van der Waals surface area contributed by atoms with Crippen LogP contribution in [0.3, 0.4) is 0 Å². The minimum Gasteiger partial charge on any atom is -0.480 e. The highest BCUT2D eigenvalue weighted by Gasteiger charge is 2.33. The van der Waals surface area contributed by atoms with E-state index in [-0.39, 0.29) is 0 Å². The molecule has 0 radical (unpaired) electrons. The highest BCUT2D eigenvalue weighted by atomic mass is 32.2. The Bertz CT molecular complexity index is 342. The van der Waals surface area contributed by atoms with Crippen LogP contribution in [0.5, 0.6) is 0 Å². The lowest BCUT2D eigenvalue weighted by atomic mass is 9.89. The quantitative estimate of drug-likeness (QED) is 0.794. The van der Waals surface area contributed by atoms with Crippen LogP contribution < -0.4 is 5.73 Å². The van der Waals surface area contributed by atoms with E-state index < -0.39 is 11.5 Å². The predicted molar refractivity (Wildman–Crippen MR) is 67.7 cm³/mol. The standard InChI is InChI=1S/C12H17NO2S/c1-16-8-7-12(13,11(14)15)9-10-5-3-2-4-6-10/h2-6H,7-9,13H2,1H3,(H,14,15)/t12-/m0/s1. The van der Waals surface area contributed by atoms with E-state index in [1.54, 1.807) is 11.8 Å². The van der Waals surface area contributed by atoms with E-state index in [2.05, 4.69) is 0 Å². The molecule has 0 bridgehead atoms. The number of carboxylic acids is 1. The van der Waals surface area contributed by atoms with Gasteiger partial charge in [-0.15, -0.1) is 0 Å². The first-order chi connectivity index (χ1) is 7.58. The van der Waals surface area contributed by atoms with E-state index in [1.807, 2.05) is 36.6 Å². The molecule has 1 atom stereocenters. The first-order valence-electron chi connectivity index (χ1n) is 5.13. The van der Waals surface area contributed by atoms with Gasteiger partial charge >= 0.3 is 5.97 Å². The third-order valence-electron chi connectivity index (χ3n) is 2.54. The summed E-state index contributed by atoms with van der Waals surface area (Å²) in [7, 11) is 0. The fourth-order valence-corrected chi connectivity index (χ4v) is 2.08. The van der Waals surface area contributed by atoms with Gasteiger partial charge in [0.1, 0.15) is 5.54 Å². The van der Waals surface area contributed by atoms with Gasteiger partial charge < -0.3 is 10.8 Å². The fourth-order valence-electron chi connectivity index (χ4n) is 1.52. The summed E-state index contributed by atoms with van der Waals surface area (Å²) < 4.78 is 0. The van der Waals surface area contributed by atoms with Crippen LogP contribution in [-0.4, -0.2) is 28.6 Å². The van der Waals surface area contributed by atoms with Crippen LogP contribution in [0.25, 0.3) is 0 Å². The highest BCUT2D eigenvalue weighted by Crippen LogP contribution is 2.17. The Morgan fingerprint density at radius 2 is 2.06 bits per heavy atom. The third-order valence-corrected chi connectivity index (χ3v) is 3.15. The molecule has 0 aliphatic rings. The number of thioether (sulfide) groups is 1. The zero-order valence-corrected chi connectivity index (χ0v) is 10.2. The van der Waals surface area contributed by atoms with Gasteiger partial charge in [0.15, 0.2) is 0 Å². The molecular weight excluding hydrogens is 222 g/mol. The Balaban J connectivity index is 2.75. The summed E-state index contributed by atoms with van der Waals surface area (Å²) in [6.07, 6.45) is 2.81. The molecule has 0 aliphatic carbocycles. The van der Waals surface area contributed by atoms with Gasteiger partial charge in [-0.3, -0.25) is 4.79 Å². The molecule has 1 aromatic carbocycles. The van der Waals surface area contributed by atoms with Crippen molar-refractivity contribution in [3.63, 3.8) is 0 Å². The second-order valence-electron chi connectivity index (χ2n) is 3.87. The molecule has 0 saturated carbocycles. The van der Waals surface area contributed by atoms with Crippen molar-refractivity contribution in [1.82, 2.24) is 0 Å². The van der Waals surface area contributed by atoms with Crippen molar-refractivity contribution in [3.05, 3.63) is 35.9 Å². The molecule has 3 N–H and O–H groups in total. The molecular formula is C12H17NO2S. The minimum absolute atomic E-state index is 0.379. The zero-order valence-electron chi connectivity index (χ0n) is 9.35. The van der Waals surface area contributed by atoms with Gasteiger partial charge in [0.05, 0.1) is 0 Å². The fraction of sp³-hybridized carbons (Fsp3) is 0.417. The SMILES string of the molecule is CSCC[C@](N)(Cc1ccccc1)C(=O)O. The Morgan fingerprint density at radius 3 is 2.56 bits per heavy atom. The Labute approximate surface area is 100 Å². The number of hydrogen-bond donors (Lipinski definition) is 2. The van der Waals surface area contributed by atoms with E-state index in [1.165, 1.54) is 0 Å². The van der Waals surface area contributed by atoms with Crippen molar-refractivity contribution in [3.8, 4) is 0 Å². The van der Waals surface area contributed by atoms with Crippen molar-refractivity contribution in [1.29, 1.82) is 0 Å². The van der Waals surface area contributed by atoms with Gasteiger partial charge in [-0.25, -0.2) is 0 Å². The molecule has 0 aliphatic heterocycles. The van der Waals surface area contributed by atoms with Gasteiger partial charge in [0, 0.05) is 6.42 Å². The van der Waals surface area contributed by atoms with Crippen LogP contribution in [0.4, 0.5) is 0 Å².